The zero-order valence-corrected chi connectivity index (χ0v) is 9.53. The smallest absolute Gasteiger partial charge is 0.198 e. The fourth-order valence-corrected chi connectivity index (χ4v) is 1.65. The zero-order valence-electron chi connectivity index (χ0n) is 9.53. The van der Waals surface area contributed by atoms with Gasteiger partial charge in [0.2, 0.25) is 0 Å². The third kappa shape index (κ3) is 2.71. The van der Waals surface area contributed by atoms with Crippen molar-refractivity contribution in [3.8, 4) is 0 Å². The van der Waals surface area contributed by atoms with Gasteiger partial charge in [-0.15, -0.1) is 0 Å². The van der Waals surface area contributed by atoms with E-state index in [0.29, 0.717) is 30.4 Å². The average molecular weight is 236 g/mol. The SMILES string of the molecule is COCCCC(=O)c1cc2cc(F)ccc2o1. The first-order valence-electron chi connectivity index (χ1n) is 5.42. The number of hydrogen-bond acceptors (Lipinski definition) is 3. The highest BCUT2D eigenvalue weighted by Gasteiger charge is 2.12. The highest BCUT2D eigenvalue weighted by molar-refractivity contribution is 5.97. The first-order valence-corrected chi connectivity index (χ1v) is 5.42. The molecule has 0 aliphatic heterocycles. The Morgan fingerprint density at radius 3 is 3.00 bits per heavy atom. The maximum Gasteiger partial charge on any atom is 0.198 e. The van der Waals surface area contributed by atoms with Crippen LogP contribution in [0.5, 0.6) is 0 Å². The second kappa shape index (κ2) is 5.10. The third-order valence-corrected chi connectivity index (χ3v) is 2.51. The molecule has 0 aliphatic carbocycles. The van der Waals surface area contributed by atoms with Crippen molar-refractivity contribution in [1.29, 1.82) is 0 Å². The lowest BCUT2D eigenvalue weighted by molar-refractivity contribution is 0.0938. The molecule has 0 saturated carbocycles. The molecule has 1 heterocycles. The van der Waals surface area contributed by atoms with E-state index in [-0.39, 0.29) is 17.4 Å². The first-order chi connectivity index (χ1) is 8.20. The summed E-state index contributed by atoms with van der Waals surface area (Å²) in [6.07, 6.45) is 1.02. The molecule has 17 heavy (non-hydrogen) atoms. The number of carbonyl (C=O) groups is 1. The molecule has 0 N–H and O–H groups in total. The third-order valence-electron chi connectivity index (χ3n) is 2.51. The maximum atomic E-state index is 13.0. The predicted octanol–water partition coefficient (Wildman–Crippen LogP) is 3.18. The van der Waals surface area contributed by atoms with E-state index in [0.717, 1.165) is 0 Å². The number of furan rings is 1. The van der Waals surface area contributed by atoms with E-state index in [9.17, 15) is 9.18 Å². The van der Waals surface area contributed by atoms with E-state index in [1.807, 2.05) is 0 Å². The summed E-state index contributed by atoms with van der Waals surface area (Å²) in [6.45, 7) is 0.542. The zero-order chi connectivity index (χ0) is 12.3. The van der Waals surface area contributed by atoms with Gasteiger partial charge in [0.05, 0.1) is 0 Å². The van der Waals surface area contributed by atoms with E-state index >= 15 is 0 Å². The average Bonchev–Trinajstić information content (AvgIpc) is 2.72. The van der Waals surface area contributed by atoms with Gasteiger partial charge in [0, 0.05) is 25.5 Å². The van der Waals surface area contributed by atoms with Crippen LogP contribution in [0, 0.1) is 5.82 Å². The van der Waals surface area contributed by atoms with Crippen LogP contribution in [0.1, 0.15) is 23.4 Å². The molecule has 3 nitrogen and oxygen atoms in total. The van der Waals surface area contributed by atoms with Crippen LogP contribution < -0.4 is 0 Å². The molecule has 0 unspecified atom stereocenters. The quantitative estimate of drug-likeness (QED) is 0.591. The summed E-state index contributed by atoms with van der Waals surface area (Å²) >= 11 is 0. The minimum atomic E-state index is -0.336. The van der Waals surface area contributed by atoms with E-state index in [4.69, 9.17) is 9.15 Å². The summed E-state index contributed by atoms with van der Waals surface area (Å²) in [7, 11) is 1.59. The van der Waals surface area contributed by atoms with Gasteiger partial charge in [-0.2, -0.15) is 0 Å². The molecule has 0 spiro atoms. The van der Waals surface area contributed by atoms with Crippen LogP contribution in [0.15, 0.2) is 28.7 Å². The van der Waals surface area contributed by atoms with Crippen LogP contribution in [0.25, 0.3) is 11.0 Å². The Hall–Kier alpha value is -1.68. The number of benzene rings is 1. The highest BCUT2D eigenvalue weighted by atomic mass is 19.1. The Morgan fingerprint density at radius 1 is 1.41 bits per heavy atom. The molecule has 0 radical (unpaired) electrons. The van der Waals surface area contributed by atoms with Crippen molar-refractivity contribution in [3.05, 3.63) is 35.8 Å². The van der Waals surface area contributed by atoms with Crippen molar-refractivity contribution in [3.63, 3.8) is 0 Å². The standard InChI is InChI=1S/C13H13FO3/c1-16-6-2-3-11(15)13-8-9-7-10(14)4-5-12(9)17-13/h4-5,7-8H,2-3,6H2,1H3. The molecule has 0 fully saturated rings. The number of rotatable bonds is 5. The minimum Gasteiger partial charge on any atom is -0.453 e. The Morgan fingerprint density at radius 2 is 2.24 bits per heavy atom. The molecule has 0 atom stereocenters. The molecule has 0 saturated heterocycles. The fourth-order valence-electron chi connectivity index (χ4n) is 1.65. The van der Waals surface area contributed by atoms with Gasteiger partial charge in [0.15, 0.2) is 11.5 Å². The molecular formula is C13H13FO3. The lowest BCUT2D eigenvalue weighted by atomic mass is 10.1. The van der Waals surface area contributed by atoms with Crippen molar-refractivity contribution in [2.24, 2.45) is 0 Å². The van der Waals surface area contributed by atoms with E-state index in [1.165, 1.54) is 18.2 Å². The second-order valence-electron chi connectivity index (χ2n) is 3.81. The number of halogens is 1. The molecule has 0 aliphatic rings. The number of methoxy groups -OCH3 is 1. The monoisotopic (exact) mass is 236 g/mol. The van der Waals surface area contributed by atoms with Gasteiger partial charge < -0.3 is 9.15 Å². The Balaban J connectivity index is 2.15. The Bertz CT molecular complexity index is 530. The van der Waals surface area contributed by atoms with Gasteiger partial charge in [-0.05, 0) is 30.7 Å². The summed E-state index contributed by atoms with van der Waals surface area (Å²) in [4.78, 5) is 11.7. The van der Waals surface area contributed by atoms with E-state index in [1.54, 1.807) is 13.2 Å². The van der Waals surface area contributed by atoms with Crippen molar-refractivity contribution in [1.82, 2.24) is 0 Å². The number of carbonyl (C=O) groups excluding carboxylic acids is 1. The molecule has 2 rings (SSSR count). The molecule has 4 heteroatoms. The van der Waals surface area contributed by atoms with Gasteiger partial charge in [-0.1, -0.05) is 0 Å². The van der Waals surface area contributed by atoms with Gasteiger partial charge in [-0.25, -0.2) is 4.39 Å². The lowest BCUT2D eigenvalue weighted by Gasteiger charge is -1.96. The topological polar surface area (TPSA) is 39.4 Å². The van der Waals surface area contributed by atoms with Crippen LogP contribution in [-0.2, 0) is 4.74 Å². The first kappa shape index (κ1) is 11.8. The number of Topliss-reactive ketones (excluding diaryl/α,β-unsaturated/α-hetero) is 1. The largest absolute Gasteiger partial charge is 0.453 e. The molecule has 0 bridgehead atoms. The minimum absolute atomic E-state index is 0.0846. The Kier molecular flexibility index (Phi) is 3.54. The van der Waals surface area contributed by atoms with Crippen LogP contribution in [-0.4, -0.2) is 19.5 Å². The van der Waals surface area contributed by atoms with Crippen molar-refractivity contribution >= 4 is 16.8 Å². The lowest BCUT2D eigenvalue weighted by Crippen LogP contribution is -1.99. The summed E-state index contributed by atoms with van der Waals surface area (Å²) in [5.74, 6) is -0.142. The second-order valence-corrected chi connectivity index (χ2v) is 3.81. The normalized spacial score (nSPS) is 10.9. The summed E-state index contributed by atoms with van der Waals surface area (Å²) < 4.78 is 23.2. The fraction of sp³-hybridized carbons (Fsp3) is 0.308. The summed E-state index contributed by atoms with van der Waals surface area (Å²) in [6, 6.07) is 5.76. The van der Waals surface area contributed by atoms with E-state index < -0.39 is 0 Å². The summed E-state index contributed by atoms with van der Waals surface area (Å²) in [5.41, 5.74) is 0.529. The molecule has 2 aromatic rings. The van der Waals surface area contributed by atoms with Crippen molar-refractivity contribution in [2.75, 3.05) is 13.7 Å². The van der Waals surface area contributed by atoms with Crippen molar-refractivity contribution < 1.29 is 18.3 Å². The molecular weight excluding hydrogens is 223 g/mol. The van der Waals surface area contributed by atoms with Gasteiger partial charge in [-0.3, -0.25) is 4.79 Å². The number of fused-ring (bicyclic) bond motifs is 1. The maximum absolute atomic E-state index is 13.0. The Labute approximate surface area is 98.2 Å². The van der Waals surface area contributed by atoms with Crippen molar-refractivity contribution in [2.45, 2.75) is 12.8 Å². The van der Waals surface area contributed by atoms with Crippen LogP contribution in [0.3, 0.4) is 0 Å². The van der Waals surface area contributed by atoms with Crippen LogP contribution in [0.4, 0.5) is 4.39 Å². The van der Waals surface area contributed by atoms with Gasteiger partial charge in [0.1, 0.15) is 11.4 Å². The van der Waals surface area contributed by atoms with E-state index in [2.05, 4.69) is 0 Å². The number of ether oxygens (including phenoxy) is 1. The predicted molar refractivity (Wildman–Crippen MR) is 61.6 cm³/mol. The van der Waals surface area contributed by atoms with Crippen LogP contribution in [0.2, 0.25) is 0 Å². The number of ketones is 1. The van der Waals surface area contributed by atoms with Gasteiger partial charge >= 0.3 is 0 Å². The highest BCUT2D eigenvalue weighted by Crippen LogP contribution is 2.21. The molecule has 90 valence electrons. The van der Waals surface area contributed by atoms with Gasteiger partial charge in [0.25, 0.3) is 0 Å². The van der Waals surface area contributed by atoms with Crippen LogP contribution >= 0.6 is 0 Å². The summed E-state index contributed by atoms with van der Waals surface area (Å²) in [5, 5.41) is 0.611. The number of hydrogen-bond donors (Lipinski definition) is 0. The molecule has 1 aromatic heterocycles. The molecule has 0 amide bonds. The molecule has 1 aromatic carbocycles.